The molecule has 18 heavy (non-hydrogen) atoms. The predicted molar refractivity (Wildman–Crippen MR) is 59.8 cm³/mol. The minimum Gasteiger partial charge on any atom is -0.0842 e. The number of diazo groups is 1. The summed E-state index contributed by atoms with van der Waals surface area (Å²) in [7, 11) is -10.7. The maximum absolute atomic E-state index is 10.7. The summed E-state index contributed by atoms with van der Waals surface area (Å²) in [5, 5.41) is 9.27. The number of nitrogens with zero attached hydrogens (tertiary/aromatic N) is 2. The van der Waals surface area contributed by atoms with Crippen LogP contribution in [0.3, 0.4) is 0 Å². The summed E-state index contributed by atoms with van der Waals surface area (Å²) >= 11 is 16.8. The molecule has 0 saturated carbocycles. The van der Waals surface area contributed by atoms with Crippen LogP contribution in [0.4, 0.5) is 30.9 Å². The Morgan fingerprint density at radius 1 is 0.889 bits per heavy atom. The summed E-state index contributed by atoms with van der Waals surface area (Å²) in [5.74, 6) is 0. The van der Waals surface area contributed by atoms with Crippen molar-refractivity contribution in [3.63, 3.8) is 0 Å². The number of rotatable bonds is 0. The van der Waals surface area contributed by atoms with Crippen molar-refractivity contribution < 1.29 is 25.2 Å². The normalized spacial score (nSPS) is 14.7. The molecular weight excluding hydrogens is 351 g/mol. The predicted octanol–water partition coefficient (Wildman–Crippen LogP) is 7.51. The van der Waals surface area contributed by atoms with Gasteiger partial charge in [0.1, 0.15) is 10.0 Å². The molecule has 0 aliphatic carbocycles. The van der Waals surface area contributed by atoms with Crippen molar-refractivity contribution in [1.29, 1.82) is 5.39 Å². The second-order valence-electron chi connectivity index (χ2n) is 2.78. The third-order valence-electron chi connectivity index (χ3n) is 1.08. The van der Waals surface area contributed by atoms with Crippen LogP contribution >= 0.6 is 42.6 Å². The number of benzene rings is 1. The summed E-state index contributed by atoms with van der Waals surface area (Å²) in [6.07, 6.45) is 0. The Hall–Kier alpha value is -0.480. The largest absolute Gasteiger partial charge is 0.421 e. The molecule has 12 heteroatoms. The fourth-order valence-electron chi connectivity index (χ4n) is 0.630. The van der Waals surface area contributed by atoms with Crippen molar-refractivity contribution in [2.75, 3.05) is 0 Å². The van der Waals surface area contributed by atoms with E-state index in [1.165, 1.54) is 12.1 Å². The van der Waals surface area contributed by atoms with Gasteiger partial charge in [0.25, 0.3) is 0 Å². The van der Waals surface area contributed by atoms with E-state index in [0.717, 1.165) is 0 Å². The molecule has 0 spiro atoms. The van der Waals surface area contributed by atoms with Crippen LogP contribution in [0.1, 0.15) is 0 Å². The summed E-state index contributed by atoms with van der Waals surface area (Å²) < 4.78 is 59.2. The van der Waals surface area contributed by atoms with Crippen molar-refractivity contribution in [3.8, 4) is 0 Å². The first-order chi connectivity index (χ1) is 7.60. The van der Waals surface area contributed by atoms with Crippen molar-refractivity contribution in [3.05, 3.63) is 32.2 Å². The smallest absolute Gasteiger partial charge is 0.0842 e. The van der Waals surface area contributed by atoms with Crippen molar-refractivity contribution in [2.24, 2.45) is 0 Å². The van der Waals surface area contributed by atoms with Crippen LogP contribution in [0, 0.1) is 5.39 Å². The van der Waals surface area contributed by atoms with E-state index < -0.39 is 7.81 Å². The molecule has 1 aromatic carbocycles. The minimum atomic E-state index is -10.7. The maximum atomic E-state index is 9.87. The van der Waals surface area contributed by atoms with Crippen LogP contribution in [0.2, 0.25) is 15.1 Å². The molecule has 1 rings (SSSR count). The molecule has 0 aromatic heterocycles. The summed E-state index contributed by atoms with van der Waals surface area (Å²) in [6.45, 7) is 0. The van der Waals surface area contributed by atoms with Gasteiger partial charge in [-0.15, -0.1) is 0 Å². The van der Waals surface area contributed by atoms with Gasteiger partial charge in [-0.2, -0.15) is 0 Å². The van der Waals surface area contributed by atoms with Gasteiger partial charge in [0.2, 0.25) is 5.39 Å². The summed E-state index contributed by atoms with van der Waals surface area (Å²) in [6, 6.07) is 2.90. The molecule has 0 amide bonds. The summed E-state index contributed by atoms with van der Waals surface area (Å²) in [5.41, 5.74) is 0.137. The Labute approximate surface area is 111 Å². The van der Waals surface area contributed by atoms with Crippen LogP contribution in [0.5, 0.6) is 0 Å². The SMILES string of the molecule is F[P-](F)(F)(F)(F)F.N#[N+]c1c(Cl)cc(Cl)cc1Cl. The first kappa shape index (κ1) is 17.5. The van der Waals surface area contributed by atoms with E-state index in [1.807, 2.05) is 0 Å². The monoisotopic (exact) mass is 352 g/mol. The van der Waals surface area contributed by atoms with E-state index in [0.29, 0.717) is 5.02 Å². The van der Waals surface area contributed by atoms with Gasteiger partial charge in [-0.25, -0.2) is 0 Å². The number of hydrogen-bond acceptors (Lipinski definition) is 1. The first-order valence-electron chi connectivity index (χ1n) is 3.66. The van der Waals surface area contributed by atoms with E-state index in [4.69, 9.17) is 40.2 Å². The Balaban J connectivity index is 0.000000360. The van der Waals surface area contributed by atoms with Gasteiger partial charge in [0.05, 0.1) is 0 Å². The van der Waals surface area contributed by atoms with Crippen LogP contribution in [-0.4, -0.2) is 0 Å². The zero-order valence-corrected chi connectivity index (χ0v) is 11.1. The Morgan fingerprint density at radius 2 is 1.17 bits per heavy atom. The average Bonchev–Trinajstić information content (AvgIpc) is 1.95. The molecule has 0 atom stereocenters. The maximum Gasteiger partial charge on any atom is 0.421 e. The molecule has 0 saturated heterocycles. The summed E-state index contributed by atoms with van der Waals surface area (Å²) in [4.78, 5) is 2.89. The number of hydrogen-bond donors (Lipinski definition) is 0. The third kappa shape index (κ3) is 10.7. The van der Waals surface area contributed by atoms with Gasteiger partial charge in [0.15, 0.2) is 4.98 Å². The molecule has 0 bridgehead atoms. The van der Waals surface area contributed by atoms with Crippen molar-refractivity contribution in [1.82, 2.24) is 0 Å². The zero-order chi connectivity index (χ0) is 14.8. The van der Waals surface area contributed by atoms with Crippen LogP contribution in [0.15, 0.2) is 12.1 Å². The zero-order valence-electron chi connectivity index (χ0n) is 7.90. The van der Waals surface area contributed by atoms with Crippen molar-refractivity contribution >= 4 is 48.3 Å². The van der Waals surface area contributed by atoms with E-state index >= 15 is 0 Å². The Kier molecular flexibility index (Phi) is 4.44. The molecule has 104 valence electrons. The Bertz CT molecular complexity index is 473. The molecule has 0 N–H and O–H groups in total. The average molecular weight is 353 g/mol. The van der Waals surface area contributed by atoms with Crippen LogP contribution < -0.4 is 0 Å². The van der Waals surface area contributed by atoms with Gasteiger partial charge in [0, 0.05) is 5.02 Å². The fourth-order valence-corrected chi connectivity index (χ4v) is 1.52. The first-order valence-corrected chi connectivity index (χ1v) is 6.82. The van der Waals surface area contributed by atoms with Gasteiger partial charge in [-0.1, -0.05) is 34.8 Å². The standard InChI is InChI=1S/C6H2Cl3N2.F6P/c7-3-1-4(8)6(11-10)5(9)2-3;1-7(2,3,4,5)6/h1-2H;/q+1;-1. The minimum absolute atomic E-state index is 0.137. The number of halogens is 9. The molecule has 1 aromatic rings. The molecule has 0 aliphatic heterocycles. The van der Waals surface area contributed by atoms with Gasteiger partial charge in [-0.3, -0.25) is 0 Å². The van der Waals surface area contributed by atoms with Crippen LogP contribution in [-0.2, 0) is 0 Å². The van der Waals surface area contributed by atoms with E-state index in [9.17, 15) is 25.2 Å². The van der Waals surface area contributed by atoms with Crippen molar-refractivity contribution in [2.45, 2.75) is 0 Å². The quantitative estimate of drug-likeness (QED) is 0.269. The second-order valence-corrected chi connectivity index (χ2v) is 5.94. The second kappa shape index (κ2) is 4.57. The molecule has 0 unspecified atom stereocenters. The topological polar surface area (TPSA) is 28.1 Å². The fraction of sp³-hybridized carbons (Fsp3) is 0. The van der Waals surface area contributed by atoms with Gasteiger partial charge in [-0.05, 0) is 12.1 Å². The molecular formula is C6H2Cl3F6N2P. The van der Waals surface area contributed by atoms with Gasteiger partial charge < -0.3 is 0 Å². The van der Waals surface area contributed by atoms with Gasteiger partial charge >= 0.3 is 38.7 Å². The molecule has 2 nitrogen and oxygen atoms in total. The Morgan fingerprint density at radius 3 is 1.39 bits per heavy atom. The molecule has 0 heterocycles. The van der Waals surface area contributed by atoms with E-state index in [1.54, 1.807) is 0 Å². The van der Waals surface area contributed by atoms with E-state index in [-0.39, 0.29) is 15.7 Å². The molecule has 0 fully saturated rings. The van der Waals surface area contributed by atoms with Crippen LogP contribution in [0.25, 0.3) is 4.98 Å². The molecule has 0 radical (unpaired) electrons. The molecule has 0 aliphatic rings. The third-order valence-corrected chi connectivity index (χ3v) is 1.88. The van der Waals surface area contributed by atoms with E-state index in [2.05, 4.69) is 4.98 Å².